The third-order valence-corrected chi connectivity index (χ3v) is 6.40. The summed E-state index contributed by atoms with van der Waals surface area (Å²) >= 11 is 0. The number of carbonyl (C=O) groups excluding carboxylic acids is 1. The van der Waals surface area contributed by atoms with Gasteiger partial charge in [-0.25, -0.2) is 15.0 Å². The Balaban J connectivity index is 1.25. The Morgan fingerprint density at radius 1 is 0.938 bits per heavy atom. The van der Waals surface area contributed by atoms with Gasteiger partial charge in [0.1, 0.15) is 5.82 Å². The zero-order chi connectivity index (χ0) is 21.9. The van der Waals surface area contributed by atoms with Gasteiger partial charge in [0.15, 0.2) is 0 Å². The van der Waals surface area contributed by atoms with Gasteiger partial charge in [-0.3, -0.25) is 9.59 Å². The van der Waals surface area contributed by atoms with Crippen molar-refractivity contribution in [2.45, 2.75) is 25.7 Å². The van der Waals surface area contributed by atoms with Gasteiger partial charge in [-0.2, -0.15) is 0 Å². The van der Waals surface area contributed by atoms with Crippen molar-refractivity contribution < 1.29 is 4.79 Å². The lowest BCUT2D eigenvalue weighted by Gasteiger charge is -2.36. The van der Waals surface area contributed by atoms with Crippen molar-refractivity contribution in [1.29, 1.82) is 0 Å². The van der Waals surface area contributed by atoms with Gasteiger partial charge >= 0.3 is 0 Å². The summed E-state index contributed by atoms with van der Waals surface area (Å²) in [6, 6.07) is 11.5. The van der Waals surface area contributed by atoms with Crippen LogP contribution in [0, 0.1) is 5.92 Å². The van der Waals surface area contributed by atoms with E-state index in [0.29, 0.717) is 44.1 Å². The number of benzene rings is 1. The molecule has 1 aliphatic carbocycles. The van der Waals surface area contributed by atoms with Crippen LogP contribution < -0.4 is 10.5 Å². The van der Waals surface area contributed by atoms with Gasteiger partial charge in [0.05, 0.1) is 5.69 Å². The first kappa shape index (κ1) is 20.4. The van der Waals surface area contributed by atoms with Crippen LogP contribution in [0.15, 0.2) is 53.6 Å². The topological polar surface area (TPSA) is 95.1 Å². The van der Waals surface area contributed by atoms with E-state index in [1.807, 2.05) is 35.2 Å². The van der Waals surface area contributed by atoms with Crippen LogP contribution in [0.4, 0.5) is 5.95 Å². The molecular weight excluding hydrogens is 404 g/mol. The molecule has 0 bridgehead atoms. The standard InChI is InChI=1S/C24H26N6O2/c31-22-19-9-7-18(8-10-20(19)27-21(28-22)17-5-2-1-3-6-17)23(32)29-13-15-30(16-14-29)24-25-11-4-12-26-24/h1-6,11-12,18H,7-10,13-16H2,(H,27,28,31). The molecule has 164 valence electrons. The Bertz CT molecular complexity index is 1140. The third kappa shape index (κ3) is 4.12. The molecule has 2 aliphatic rings. The minimum Gasteiger partial charge on any atom is -0.339 e. The van der Waals surface area contributed by atoms with E-state index in [-0.39, 0.29) is 17.4 Å². The average Bonchev–Trinajstić information content (AvgIpc) is 3.08. The summed E-state index contributed by atoms with van der Waals surface area (Å²) < 4.78 is 0. The molecule has 2 aromatic heterocycles. The lowest BCUT2D eigenvalue weighted by atomic mass is 9.97. The van der Waals surface area contributed by atoms with Crippen LogP contribution in [0.1, 0.15) is 24.1 Å². The number of nitrogens with zero attached hydrogens (tertiary/aromatic N) is 5. The first-order chi connectivity index (χ1) is 15.7. The van der Waals surface area contributed by atoms with Crippen LogP contribution in [-0.4, -0.2) is 56.9 Å². The van der Waals surface area contributed by atoms with Gasteiger partial charge in [0, 0.05) is 55.6 Å². The van der Waals surface area contributed by atoms with E-state index in [1.54, 1.807) is 18.5 Å². The fourth-order valence-corrected chi connectivity index (χ4v) is 4.60. The maximum absolute atomic E-state index is 13.2. The van der Waals surface area contributed by atoms with Crippen molar-refractivity contribution >= 4 is 11.9 Å². The zero-order valence-corrected chi connectivity index (χ0v) is 17.9. The van der Waals surface area contributed by atoms with Crippen LogP contribution in [-0.2, 0) is 17.6 Å². The zero-order valence-electron chi connectivity index (χ0n) is 17.9. The van der Waals surface area contributed by atoms with Crippen molar-refractivity contribution in [2.24, 2.45) is 5.92 Å². The van der Waals surface area contributed by atoms with Gasteiger partial charge < -0.3 is 14.8 Å². The summed E-state index contributed by atoms with van der Waals surface area (Å²) in [5, 5.41) is 0. The number of anilines is 1. The second-order valence-corrected chi connectivity index (χ2v) is 8.34. The number of amides is 1. The molecule has 1 saturated heterocycles. The Hall–Kier alpha value is -3.55. The molecule has 1 amide bonds. The number of hydrogen-bond acceptors (Lipinski definition) is 6. The maximum Gasteiger partial charge on any atom is 0.254 e. The second-order valence-electron chi connectivity index (χ2n) is 8.34. The molecule has 1 atom stereocenters. The van der Waals surface area contributed by atoms with Gasteiger partial charge in [0.25, 0.3) is 5.56 Å². The van der Waals surface area contributed by atoms with E-state index < -0.39 is 0 Å². The fourth-order valence-electron chi connectivity index (χ4n) is 4.60. The van der Waals surface area contributed by atoms with Crippen LogP contribution in [0.5, 0.6) is 0 Å². The highest BCUT2D eigenvalue weighted by atomic mass is 16.2. The number of carbonyl (C=O) groups is 1. The summed E-state index contributed by atoms with van der Waals surface area (Å²) in [4.78, 5) is 46.4. The molecule has 3 heterocycles. The van der Waals surface area contributed by atoms with Crippen LogP contribution in [0.2, 0.25) is 0 Å². The predicted octanol–water partition coefficient (Wildman–Crippen LogP) is 2.07. The number of H-pyrrole nitrogens is 1. The molecule has 1 fully saturated rings. The molecule has 0 spiro atoms. The molecule has 8 heteroatoms. The highest BCUT2D eigenvalue weighted by molar-refractivity contribution is 5.79. The highest BCUT2D eigenvalue weighted by Gasteiger charge is 2.30. The lowest BCUT2D eigenvalue weighted by molar-refractivity contribution is -0.136. The fraction of sp³-hybridized carbons (Fsp3) is 0.375. The molecule has 3 aromatic rings. The predicted molar refractivity (Wildman–Crippen MR) is 121 cm³/mol. The molecule has 32 heavy (non-hydrogen) atoms. The smallest absolute Gasteiger partial charge is 0.254 e. The van der Waals surface area contributed by atoms with E-state index in [9.17, 15) is 9.59 Å². The first-order valence-corrected chi connectivity index (χ1v) is 11.2. The molecule has 1 unspecified atom stereocenters. The summed E-state index contributed by atoms with van der Waals surface area (Å²) in [5.74, 6) is 1.41. The summed E-state index contributed by atoms with van der Waals surface area (Å²) in [6.07, 6.45) is 6.11. The molecule has 0 saturated carbocycles. The van der Waals surface area contributed by atoms with Gasteiger partial charge in [-0.15, -0.1) is 0 Å². The van der Waals surface area contributed by atoms with Crippen LogP contribution in [0.3, 0.4) is 0 Å². The lowest BCUT2D eigenvalue weighted by Crippen LogP contribution is -2.50. The largest absolute Gasteiger partial charge is 0.339 e. The molecule has 1 aliphatic heterocycles. The highest BCUT2D eigenvalue weighted by Crippen LogP contribution is 2.25. The second kappa shape index (κ2) is 8.90. The number of nitrogens with one attached hydrogen (secondary N) is 1. The van der Waals surface area contributed by atoms with Crippen LogP contribution >= 0.6 is 0 Å². The molecular formula is C24H26N6O2. The van der Waals surface area contributed by atoms with Gasteiger partial charge in [-0.1, -0.05) is 30.3 Å². The van der Waals surface area contributed by atoms with Crippen molar-refractivity contribution in [1.82, 2.24) is 24.8 Å². The Morgan fingerprint density at radius 2 is 1.66 bits per heavy atom. The first-order valence-electron chi connectivity index (χ1n) is 11.2. The minimum absolute atomic E-state index is 0.0803. The van der Waals surface area contributed by atoms with E-state index in [4.69, 9.17) is 4.98 Å². The van der Waals surface area contributed by atoms with Gasteiger partial charge in [-0.05, 0) is 31.7 Å². The third-order valence-electron chi connectivity index (χ3n) is 6.40. The number of aryl methyl sites for hydroxylation is 1. The Morgan fingerprint density at radius 3 is 2.41 bits per heavy atom. The monoisotopic (exact) mass is 430 g/mol. The number of aromatic nitrogens is 4. The Kier molecular flexibility index (Phi) is 5.66. The summed E-state index contributed by atoms with van der Waals surface area (Å²) in [5.41, 5.74) is 2.36. The Labute approximate surface area is 186 Å². The van der Waals surface area contributed by atoms with E-state index >= 15 is 0 Å². The van der Waals surface area contributed by atoms with E-state index in [2.05, 4.69) is 19.9 Å². The number of rotatable bonds is 3. The molecule has 5 rings (SSSR count). The van der Waals surface area contributed by atoms with Crippen LogP contribution in [0.25, 0.3) is 11.4 Å². The molecule has 0 radical (unpaired) electrons. The normalized spacial score (nSPS) is 18.7. The van der Waals surface area contributed by atoms with E-state index in [1.165, 1.54) is 0 Å². The number of fused-ring (bicyclic) bond motifs is 1. The average molecular weight is 431 g/mol. The number of hydrogen-bond donors (Lipinski definition) is 1. The van der Waals surface area contributed by atoms with Crippen molar-refractivity contribution in [3.8, 4) is 11.4 Å². The molecule has 1 aromatic carbocycles. The summed E-state index contributed by atoms with van der Waals surface area (Å²) in [7, 11) is 0. The van der Waals surface area contributed by atoms with Crippen molar-refractivity contribution in [3.63, 3.8) is 0 Å². The van der Waals surface area contributed by atoms with Crippen molar-refractivity contribution in [3.05, 3.63) is 70.4 Å². The van der Waals surface area contributed by atoms with Gasteiger partial charge in [0.2, 0.25) is 11.9 Å². The maximum atomic E-state index is 13.2. The molecule has 8 nitrogen and oxygen atoms in total. The summed E-state index contributed by atoms with van der Waals surface area (Å²) in [6.45, 7) is 2.78. The molecule has 1 N–H and O–H groups in total. The SMILES string of the molecule is O=C(C1CCc2nc(-c3ccccc3)[nH]c(=O)c2CC1)N1CCN(c2ncccn2)CC1. The number of aromatic amines is 1. The van der Waals surface area contributed by atoms with Crippen molar-refractivity contribution in [2.75, 3.05) is 31.1 Å². The quantitative estimate of drug-likeness (QED) is 0.639. The minimum atomic E-state index is -0.0848. The van der Waals surface area contributed by atoms with E-state index in [0.717, 1.165) is 36.3 Å². The number of piperazine rings is 1.